The Labute approximate surface area is 133 Å². The third-order valence-corrected chi connectivity index (χ3v) is 3.16. The first-order chi connectivity index (χ1) is 9.97. The number of urea groups is 1. The van der Waals surface area contributed by atoms with Crippen LogP contribution in [0.5, 0.6) is 5.75 Å². The second-order valence-electron chi connectivity index (χ2n) is 4.44. The summed E-state index contributed by atoms with van der Waals surface area (Å²) in [5, 5.41) is 6.30. The Morgan fingerprint density at radius 3 is 2.33 bits per heavy atom. The van der Waals surface area contributed by atoms with Gasteiger partial charge in [0.05, 0.1) is 12.8 Å². The van der Waals surface area contributed by atoms with Crippen molar-refractivity contribution in [2.24, 2.45) is 0 Å². The molecule has 2 aromatic rings. The smallest absolute Gasteiger partial charge is 0.323 e. The molecule has 21 heavy (non-hydrogen) atoms. The lowest BCUT2D eigenvalue weighted by molar-refractivity contribution is 0.262. The fraction of sp³-hybridized carbons (Fsp3) is 0.133. The normalized spacial score (nSPS) is 10.1. The molecule has 110 valence electrons. The Morgan fingerprint density at radius 2 is 1.71 bits per heavy atom. The SMILES string of the molecule is COc1ccc(C)cc1NC(=O)Nc1cc(Cl)cc(Cl)c1. The Bertz CT molecular complexity index is 654. The minimum atomic E-state index is -0.405. The highest BCUT2D eigenvalue weighted by molar-refractivity contribution is 6.35. The minimum absolute atomic E-state index is 0.405. The van der Waals surface area contributed by atoms with Crippen LogP contribution in [-0.4, -0.2) is 13.1 Å². The number of carbonyl (C=O) groups excluding carboxylic acids is 1. The predicted octanol–water partition coefficient (Wildman–Crippen LogP) is 4.95. The second-order valence-corrected chi connectivity index (χ2v) is 5.31. The van der Waals surface area contributed by atoms with E-state index in [1.807, 2.05) is 19.1 Å². The van der Waals surface area contributed by atoms with Crippen molar-refractivity contribution in [1.29, 1.82) is 0 Å². The van der Waals surface area contributed by atoms with Gasteiger partial charge in [-0.1, -0.05) is 29.3 Å². The average Bonchev–Trinajstić information content (AvgIpc) is 2.37. The molecule has 0 unspecified atom stereocenters. The monoisotopic (exact) mass is 324 g/mol. The fourth-order valence-corrected chi connectivity index (χ4v) is 2.36. The van der Waals surface area contributed by atoms with Crippen LogP contribution in [0.25, 0.3) is 0 Å². The van der Waals surface area contributed by atoms with Gasteiger partial charge < -0.3 is 15.4 Å². The van der Waals surface area contributed by atoms with E-state index >= 15 is 0 Å². The Hall–Kier alpha value is -1.91. The maximum atomic E-state index is 12.0. The van der Waals surface area contributed by atoms with Crippen molar-refractivity contribution in [1.82, 2.24) is 0 Å². The van der Waals surface area contributed by atoms with Gasteiger partial charge in [0.25, 0.3) is 0 Å². The van der Waals surface area contributed by atoms with Crippen molar-refractivity contribution in [3.8, 4) is 5.75 Å². The zero-order valence-corrected chi connectivity index (χ0v) is 13.0. The number of aryl methyl sites for hydroxylation is 1. The van der Waals surface area contributed by atoms with E-state index in [2.05, 4.69) is 10.6 Å². The number of ether oxygens (including phenoxy) is 1. The van der Waals surface area contributed by atoms with Crippen LogP contribution in [-0.2, 0) is 0 Å². The van der Waals surface area contributed by atoms with E-state index in [9.17, 15) is 4.79 Å². The molecule has 0 saturated heterocycles. The van der Waals surface area contributed by atoms with E-state index in [-0.39, 0.29) is 0 Å². The summed E-state index contributed by atoms with van der Waals surface area (Å²) >= 11 is 11.8. The van der Waals surface area contributed by atoms with Crippen molar-refractivity contribution < 1.29 is 9.53 Å². The van der Waals surface area contributed by atoms with Gasteiger partial charge >= 0.3 is 6.03 Å². The molecule has 0 aliphatic rings. The van der Waals surface area contributed by atoms with E-state index in [4.69, 9.17) is 27.9 Å². The number of amides is 2. The molecular weight excluding hydrogens is 311 g/mol. The molecule has 4 nitrogen and oxygen atoms in total. The van der Waals surface area contributed by atoms with E-state index in [0.717, 1.165) is 5.56 Å². The molecule has 2 aromatic carbocycles. The molecule has 0 bridgehead atoms. The first-order valence-electron chi connectivity index (χ1n) is 6.16. The van der Waals surface area contributed by atoms with Crippen LogP contribution in [0.4, 0.5) is 16.2 Å². The summed E-state index contributed by atoms with van der Waals surface area (Å²) in [6.45, 7) is 1.93. The van der Waals surface area contributed by atoms with E-state index in [1.165, 1.54) is 0 Å². The summed E-state index contributed by atoms with van der Waals surface area (Å²) in [5.74, 6) is 0.583. The van der Waals surface area contributed by atoms with Crippen molar-refractivity contribution in [2.75, 3.05) is 17.7 Å². The number of anilines is 2. The summed E-state index contributed by atoms with van der Waals surface area (Å²) in [6, 6.07) is 9.93. The van der Waals surface area contributed by atoms with Gasteiger partial charge in [-0.25, -0.2) is 4.79 Å². The van der Waals surface area contributed by atoms with Gasteiger partial charge in [0.2, 0.25) is 0 Å². The minimum Gasteiger partial charge on any atom is -0.495 e. The highest BCUT2D eigenvalue weighted by Gasteiger charge is 2.08. The summed E-state index contributed by atoms with van der Waals surface area (Å²) in [4.78, 5) is 12.0. The average molecular weight is 325 g/mol. The predicted molar refractivity (Wildman–Crippen MR) is 86.8 cm³/mol. The summed E-state index contributed by atoms with van der Waals surface area (Å²) in [7, 11) is 1.55. The molecule has 2 amide bonds. The van der Waals surface area contributed by atoms with Gasteiger partial charge in [-0.3, -0.25) is 0 Å². The number of halogens is 2. The zero-order valence-electron chi connectivity index (χ0n) is 11.5. The number of carbonyl (C=O) groups is 1. The van der Waals surface area contributed by atoms with Gasteiger partial charge in [0, 0.05) is 15.7 Å². The highest BCUT2D eigenvalue weighted by atomic mass is 35.5. The molecule has 0 spiro atoms. The van der Waals surface area contributed by atoms with Crippen molar-refractivity contribution in [3.63, 3.8) is 0 Å². The maximum absolute atomic E-state index is 12.0. The van der Waals surface area contributed by atoms with Gasteiger partial charge in [-0.2, -0.15) is 0 Å². The molecule has 0 saturated carbocycles. The number of benzene rings is 2. The van der Waals surface area contributed by atoms with Gasteiger partial charge in [-0.05, 0) is 42.8 Å². The standard InChI is InChI=1S/C15H14Cl2N2O2/c1-9-3-4-14(21-2)13(5-9)19-15(20)18-12-7-10(16)6-11(17)8-12/h3-8H,1-2H3,(H2,18,19,20). The number of hydrogen-bond donors (Lipinski definition) is 2. The van der Waals surface area contributed by atoms with Crippen molar-refractivity contribution in [3.05, 3.63) is 52.0 Å². The molecule has 2 N–H and O–H groups in total. The molecule has 0 aliphatic carbocycles. The molecule has 6 heteroatoms. The zero-order chi connectivity index (χ0) is 15.4. The van der Waals surface area contributed by atoms with E-state index in [1.54, 1.807) is 31.4 Å². The van der Waals surface area contributed by atoms with Crippen molar-refractivity contribution >= 4 is 40.6 Å². The van der Waals surface area contributed by atoms with Crippen LogP contribution in [0, 0.1) is 6.92 Å². The fourth-order valence-electron chi connectivity index (χ4n) is 1.83. The highest BCUT2D eigenvalue weighted by Crippen LogP contribution is 2.26. The number of rotatable bonds is 3. The summed E-state index contributed by atoms with van der Waals surface area (Å²) in [6.07, 6.45) is 0. The Morgan fingerprint density at radius 1 is 1.05 bits per heavy atom. The lowest BCUT2D eigenvalue weighted by Gasteiger charge is -2.12. The van der Waals surface area contributed by atoms with E-state index in [0.29, 0.717) is 27.2 Å². The van der Waals surface area contributed by atoms with Crippen LogP contribution in [0.3, 0.4) is 0 Å². The number of hydrogen-bond acceptors (Lipinski definition) is 2. The lowest BCUT2D eigenvalue weighted by atomic mass is 10.2. The van der Waals surface area contributed by atoms with Crippen LogP contribution >= 0.6 is 23.2 Å². The van der Waals surface area contributed by atoms with Gasteiger partial charge in [0.15, 0.2) is 0 Å². The van der Waals surface area contributed by atoms with Gasteiger partial charge in [-0.15, -0.1) is 0 Å². The first-order valence-corrected chi connectivity index (χ1v) is 6.92. The molecule has 0 atom stereocenters. The van der Waals surface area contributed by atoms with Crippen LogP contribution in [0.2, 0.25) is 10.0 Å². The lowest BCUT2D eigenvalue weighted by Crippen LogP contribution is -2.19. The molecular formula is C15H14Cl2N2O2. The summed E-state index contributed by atoms with van der Waals surface area (Å²) in [5.41, 5.74) is 2.11. The molecule has 0 aliphatic heterocycles. The van der Waals surface area contributed by atoms with Crippen LogP contribution in [0.1, 0.15) is 5.56 Å². The number of methoxy groups -OCH3 is 1. The summed E-state index contributed by atoms with van der Waals surface area (Å²) < 4.78 is 5.20. The largest absolute Gasteiger partial charge is 0.495 e. The Kier molecular flexibility index (Phi) is 4.94. The quantitative estimate of drug-likeness (QED) is 0.838. The van der Waals surface area contributed by atoms with E-state index < -0.39 is 6.03 Å². The maximum Gasteiger partial charge on any atom is 0.323 e. The topological polar surface area (TPSA) is 50.4 Å². The molecule has 0 fully saturated rings. The van der Waals surface area contributed by atoms with Crippen LogP contribution < -0.4 is 15.4 Å². The first kappa shape index (κ1) is 15.5. The van der Waals surface area contributed by atoms with Crippen LogP contribution in [0.15, 0.2) is 36.4 Å². The third kappa shape index (κ3) is 4.28. The molecule has 0 aromatic heterocycles. The molecule has 2 rings (SSSR count). The van der Waals surface area contributed by atoms with Gasteiger partial charge in [0.1, 0.15) is 5.75 Å². The molecule has 0 radical (unpaired) electrons. The second kappa shape index (κ2) is 6.70. The number of nitrogens with one attached hydrogen (secondary N) is 2. The Balaban J connectivity index is 2.13. The molecule has 0 heterocycles. The van der Waals surface area contributed by atoms with Crippen molar-refractivity contribution in [2.45, 2.75) is 6.92 Å². The third-order valence-electron chi connectivity index (χ3n) is 2.72.